The van der Waals surface area contributed by atoms with Crippen molar-refractivity contribution >= 4 is 10.0 Å². The van der Waals surface area contributed by atoms with Crippen LogP contribution in [0.2, 0.25) is 0 Å². The number of ether oxygens (including phenoxy) is 2. The molecule has 1 fully saturated rings. The summed E-state index contributed by atoms with van der Waals surface area (Å²) < 4.78 is 44.3. The van der Waals surface area contributed by atoms with Crippen LogP contribution in [-0.4, -0.2) is 63.6 Å². The van der Waals surface area contributed by atoms with E-state index >= 15 is 0 Å². The van der Waals surface area contributed by atoms with Gasteiger partial charge in [0.15, 0.2) is 0 Å². The van der Waals surface area contributed by atoms with E-state index in [1.807, 2.05) is 42.5 Å². The second kappa shape index (κ2) is 9.69. The molecule has 0 aliphatic carbocycles. The van der Waals surface area contributed by atoms with Crippen LogP contribution in [0.3, 0.4) is 0 Å². The molecular weight excluding hydrogens is 440 g/mol. The van der Waals surface area contributed by atoms with Crippen LogP contribution in [-0.2, 0) is 27.7 Å². The lowest BCUT2D eigenvalue weighted by atomic mass is 10.1. The van der Waals surface area contributed by atoms with Gasteiger partial charge in [0.2, 0.25) is 10.0 Å². The molecule has 7 nitrogen and oxygen atoms in total. The fourth-order valence-electron chi connectivity index (χ4n) is 4.25. The summed E-state index contributed by atoms with van der Waals surface area (Å²) in [5.41, 5.74) is 3.06. The fourth-order valence-corrected chi connectivity index (χ4v) is 5.64. The largest absolute Gasteiger partial charge is 0.492 e. The van der Waals surface area contributed by atoms with Gasteiger partial charge in [-0.15, -0.1) is 0 Å². The van der Waals surface area contributed by atoms with E-state index < -0.39 is 10.0 Å². The third-order valence-corrected chi connectivity index (χ3v) is 8.11. The van der Waals surface area contributed by atoms with Gasteiger partial charge in [-0.3, -0.25) is 4.90 Å². The van der Waals surface area contributed by atoms with E-state index in [0.717, 1.165) is 61.0 Å². The van der Waals surface area contributed by atoms with Crippen LogP contribution >= 0.6 is 0 Å². The summed E-state index contributed by atoms with van der Waals surface area (Å²) >= 11 is 0. The van der Waals surface area contributed by atoms with Crippen molar-refractivity contribution in [3.8, 4) is 16.9 Å². The Labute approximate surface area is 194 Å². The molecule has 2 aromatic carbocycles. The standard InChI is InChI=1S/C25H28N2O5S/c28-33(29,27-11-9-22-10-15-32-25(22)19-27)24-7-3-21(4-8-24)20-1-5-23(6-2-20)31-18-14-26-12-16-30-17-13-26/h1-8,10,15H,9,11-14,16-19H2. The fraction of sp³-hybridized carbons (Fsp3) is 0.360. The van der Waals surface area contributed by atoms with E-state index in [2.05, 4.69) is 4.90 Å². The second-order valence-corrected chi connectivity index (χ2v) is 10.2. The summed E-state index contributed by atoms with van der Waals surface area (Å²) in [7, 11) is -3.57. The second-order valence-electron chi connectivity index (χ2n) is 8.31. The smallest absolute Gasteiger partial charge is 0.243 e. The summed E-state index contributed by atoms with van der Waals surface area (Å²) in [5, 5.41) is 0. The molecule has 0 amide bonds. The highest BCUT2D eigenvalue weighted by Crippen LogP contribution is 2.28. The van der Waals surface area contributed by atoms with E-state index in [-0.39, 0.29) is 6.54 Å². The highest BCUT2D eigenvalue weighted by atomic mass is 32.2. The normalized spacial score (nSPS) is 17.6. The number of morpholine rings is 1. The average molecular weight is 469 g/mol. The number of sulfonamides is 1. The lowest BCUT2D eigenvalue weighted by Crippen LogP contribution is -2.38. The van der Waals surface area contributed by atoms with Crippen molar-refractivity contribution in [1.82, 2.24) is 9.21 Å². The molecule has 2 aliphatic heterocycles. The van der Waals surface area contributed by atoms with Crippen LogP contribution in [0.1, 0.15) is 11.3 Å². The number of furan rings is 1. The van der Waals surface area contributed by atoms with Crippen LogP contribution in [0, 0.1) is 0 Å². The Bertz CT molecular complexity index is 1170. The molecule has 0 N–H and O–H groups in total. The van der Waals surface area contributed by atoms with Crippen molar-refractivity contribution < 1.29 is 22.3 Å². The minimum atomic E-state index is -3.57. The highest BCUT2D eigenvalue weighted by Gasteiger charge is 2.29. The van der Waals surface area contributed by atoms with Crippen molar-refractivity contribution in [2.45, 2.75) is 17.9 Å². The van der Waals surface area contributed by atoms with E-state index in [1.54, 1.807) is 18.4 Å². The summed E-state index contributed by atoms with van der Waals surface area (Å²) in [4.78, 5) is 2.63. The first kappa shape index (κ1) is 22.2. The van der Waals surface area contributed by atoms with Crippen molar-refractivity contribution in [2.24, 2.45) is 0 Å². The van der Waals surface area contributed by atoms with Crippen LogP contribution < -0.4 is 4.74 Å². The first-order valence-corrected chi connectivity index (χ1v) is 12.7. The molecule has 0 radical (unpaired) electrons. The zero-order chi connectivity index (χ0) is 22.7. The van der Waals surface area contributed by atoms with Gasteiger partial charge >= 0.3 is 0 Å². The zero-order valence-corrected chi connectivity index (χ0v) is 19.3. The minimum absolute atomic E-state index is 0.277. The molecule has 5 rings (SSSR count). The SMILES string of the molecule is O=S(=O)(c1ccc(-c2ccc(OCCN3CCOCC3)cc2)cc1)N1CCc2ccoc2C1. The van der Waals surface area contributed by atoms with E-state index in [0.29, 0.717) is 24.5 Å². The van der Waals surface area contributed by atoms with Gasteiger partial charge in [0.1, 0.15) is 18.1 Å². The molecule has 3 aromatic rings. The Morgan fingerprint density at radius 3 is 2.30 bits per heavy atom. The Morgan fingerprint density at radius 2 is 1.58 bits per heavy atom. The Kier molecular flexibility index (Phi) is 6.50. The molecule has 0 atom stereocenters. The lowest BCUT2D eigenvalue weighted by Gasteiger charge is -2.26. The van der Waals surface area contributed by atoms with Crippen molar-refractivity contribution in [3.05, 3.63) is 72.2 Å². The Morgan fingerprint density at radius 1 is 0.879 bits per heavy atom. The minimum Gasteiger partial charge on any atom is -0.492 e. The molecular formula is C25H28N2O5S. The number of fused-ring (bicyclic) bond motifs is 1. The topological polar surface area (TPSA) is 72.2 Å². The molecule has 1 aromatic heterocycles. The molecule has 33 heavy (non-hydrogen) atoms. The number of rotatable bonds is 7. The molecule has 0 saturated carbocycles. The van der Waals surface area contributed by atoms with Crippen LogP contribution in [0.25, 0.3) is 11.1 Å². The molecule has 2 aliphatic rings. The van der Waals surface area contributed by atoms with Gasteiger partial charge in [-0.1, -0.05) is 24.3 Å². The van der Waals surface area contributed by atoms with Crippen LogP contribution in [0.4, 0.5) is 0 Å². The van der Waals surface area contributed by atoms with Gasteiger partial charge in [-0.2, -0.15) is 4.31 Å². The molecule has 0 unspecified atom stereocenters. The summed E-state index contributed by atoms with van der Waals surface area (Å²) in [5.74, 6) is 1.56. The monoisotopic (exact) mass is 468 g/mol. The lowest BCUT2D eigenvalue weighted by molar-refractivity contribution is 0.0322. The van der Waals surface area contributed by atoms with Gasteiger partial charge in [0.25, 0.3) is 0 Å². The summed E-state index contributed by atoms with van der Waals surface area (Å²) in [6.45, 7) is 5.75. The van der Waals surface area contributed by atoms with Crippen molar-refractivity contribution in [2.75, 3.05) is 46.0 Å². The third-order valence-electron chi connectivity index (χ3n) is 6.25. The van der Waals surface area contributed by atoms with E-state index in [4.69, 9.17) is 13.9 Å². The van der Waals surface area contributed by atoms with E-state index in [1.165, 1.54) is 4.31 Å². The van der Waals surface area contributed by atoms with Gasteiger partial charge in [0.05, 0.1) is 30.9 Å². The van der Waals surface area contributed by atoms with Crippen LogP contribution in [0.5, 0.6) is 5.75 Å². The maximum Gasteiger partial charge on any atom is 0.243 e. The van der Waals surface area contributed by atoms with Crippen molar-refractivity contribution in [3.63, 3.8) is 0 Å². The maximum atomic E-state index is 13.1. The Balaban J connectivity index is 1.20. The van der Waals surface area contributed by atoms with E-state index in [9.17, 15) is 8.42 Å². The van der Waals surface area contributed by atoms with Gasteiger partial charge in [-0.05, 0) is 53.4 Å². The molecule has 1 saturated heterocycles. The molecule has 174 valence electrons. The maximum absolute atomic E-state index is 13.1. The predicted molar refractivity (Wildman–Crippen MR) is 125 cm³/mol. The van der Waals surface area contributed by atoms with Gasteiger partial charge in [0, 0.05) is 26.2 Å². The highest BCUT2D eigenvalue weighted by molar-refractivity contribution is 7.89. The summed E-state index contributed by atoms with van der Waals surface area (Å²) in [6.07, 6.45) is 2.29. The molecule has 0 bridgehead atoms. The first-order chi connectivity index (χ1) is 16.1. The number of benzene rings is 2. The third kappa shape index (κ3) is 4.99. The quantitative estimate of drug-likeness (QED) is 0.529. The van der Waals surface area contributed by atoms with Gasteiger partial charge in [-0.25, -0.2) is 8.42 Å². The first-order valence-electron chi connectivity index (χ1n) is 11.3. The van der Waals surface area contributed by atoms with Gasteiger partial charge < -0.3 is 13.9 Å². The number of nitrogens with zero attached hydrogens (tertiary/aromatic N) is 2. The molecule has 8 heteroatoms. The zero-order valence-electron chi connectivity index (χ0n) is 18.5. The Hall–Kier alpha value is -2.65. The number of hydrogen-bond donors (Lipinski definition) is 0. The molecule has 3 heterocycles. The van der Waals surface area contributed by atoms with Crippen molar-refractivity contribution in [1.29, 1.82) is 0 Å². The molecule has 0 spiro atoms. The summed E-state index contributed by atoms with van der Waals surface area (Å²) in [6, 6.07) is 16.9. The van der Waals surface area contributed by atoms with Crippen LogP contribution in [0.15, 0.2) is 70.2 Å². The average Bonchev–Trinajstić information content (AvgIpc) is 3.33. The predicted octanol–water partition coefficient (Wildman–Crippen LogP) is 3.40. The number of hydrogen-bond acceptors (Lipinski definition) is 6.